The monoisotopic (exact) mass is 259 g/mol. The van der Waals surface area contributed by atoms with Crippen LogP contribution in [0.2, 0.25) is 0 Å². The molecule has 90 valence electrons. The van der Waals surface area contributed by atoms with E-state index in [4.69, 9.17) is 28.9 Å². The molecule has 0 aromatic carbocycles. The van der Waals surface area contributed by atoms with Gasteiger partial charge in [0, 0.05) is 24.1 Å². The molecule has 0 spiro atoms. The van der Waals surface area contributed by atoms with Crippen molar-refractivity contribution in [2.24, 2.45) is 11.7 Å². The molecule has 0 rings (SSSR count). The zero-order chi connectivity index (χ0) is 11.9. The molecular weight excluding hydrogens is 244 g/mol. The topological polar surface area (TPSA) is 52.3 Å². The van der Waals surface area contributed by atoms with E-state index in [0.717, 1.165) is 0 Å². The molecular formula is C9H16Cl2FNO2. The highest BCUT2D eigenvalue weighted by atomic mass is 35.5. The van der Waals surface area contributed by atoms with Gasteiger partial charge in [0.15, 0.2) is 0 Å². The summed E-state index contributed by atoms with van der Waals surface area (Å²) in [6.45, 7) is 1.80. The number of amides is 1. The molecule has 3 nitrogen and oxygen atoms in total. The third-order valence-corrected chi connectivity index (χ3v) is 2.67. The van der Waals surface area contributed by atoms with Gasteiger partial charge in [-0.2, -0.15) is 4.39 Å². The van der Waals surface area contributed by atoms with E-state index in [1.807, 2.05) is 0 Å². The molecule has 0 heterocycles. The second-order valence-corrected chi connectivity index (χ2v) is 3.99. The Morgan fingerprint density at radius 2 is 2.13 bits per heavy atom. The summed E-state index contributed by atoms with van der Waals surface area (Å²) in [6.07, 6.45) is -0.283. The largest absolute Gasteiger partial charge is 0.412 e. The zero-order valence-electron chi connectivity index (χ0n) is 8.64. The molecule has 2 unspecified atom stereocenters. The van der Waals surface area contributed by atoms with Crippen molar-refractivity contribution in [2.75, 3.05) is 11.8 Å². The Hall–Kier alpha value is -0.220. The minimum absolute atomic E-state index is 0.0581. The lowest BCUT2D eigenvalue weighted by atomic mass is 9.92. The average Bonchev–Trinajstić information content (AvgIpc) is 2.12. The number of rotatable bonds is 7. The van der Waals surface area contributed by atoms with Gasteiger partial charge in [-0.15, -0.1) is 23.2 Å². The van der Waals surface area contributed by atoms with E-state index in [9.17, 15) is 9.18 Å². The number of carbonyl (C=O) groups is 1. The number of halogens is 3. The van der Waals surface area contributed by atoms with Gasteiger partial charge in [0.2, 0.25) is 0 Å². The van der Waals surface area contributed by atoms with Crippen molar-refractivity contribution in [3.8, 4) is 0 Å². The summed E-state index contributed by atoms with van der Waals surface area (Å²) in [5, 5.41) is 0. The van der Waals surface area contributed by atoms with Crippen LogP contribution in [0.1, 0.15) is 26.2 Å². The van der Waals surface area contributed by atoms with Crippen LogP contribution in [0, 0.1) is 5.92 Å². The van der Waals surface area contributed by atoms with Crippen LogP contribution in [-0.4, -0.2) is 23.7 Å². The first-order chi connectivity index (χ1) is 7.00. The van der Waals surface area contributed by atoms with Gasteiger partial charge in [0.05, 0.1) is 0 Å². The Kier molecular flexibility index (Phi) is 7.02. The Balaban J connectivity index is 4.62. The lowest BCUT2D eigenvalue weighted by Gasteiger charge is -2.31. The fourth-order valence-electron chi connectivity index (χ4n) is 1.49. The molecule has 0 saturated carbocycles. The minimum Gasteiger partial charge on any atom is -0.412 e. The summed E-state index contributed by atoms with van der Waals surface area (Å²) in [6, 6.07) is 0. The molecule has 6 heteroatoms. The van der Waals surface area contributed by atoms with Gasteiger partial charge in [-0.25, -0.2) is 4.79 Å². The first-order valence-electron chi connectivity index (χ1n) is 4.79. The molecule has 0 saturated heterocycles. The molecule has 1 amide bonds. The van der Waals surface area contributed by atoms with Crippen LogP contribution < -0.4 is 5.73 Å². The van der Waals surface area contributed by atoms with Crippen LogP contribution in [0.5, 0.6) is 0 Å². The fraction of sp³-hybridized carbons (Fsp3) is 0.889. The molecule has 0 aliphatic carbocycles. The summed E-state index contributed by atoms with van der Waals surface area (Å²) < 4.78 is 18.7. The molecule has 0 aliphatic heterocycles. The van der Waals surface area contributed by atoms with Crippen LogP contribution in [0.15, 0.2) is 0 Å². The number of nitrogens with two attached hydrogens (primary N) is 1. The van der Waals surface area contributed by atoms with E-state index in [-0.39, 0.29) is 12.3 Å². The Bertz CT molecular complexity index is 207. The van der Waals surface area contributed by atoms with Gasteiger partial charge in [-0.05, 0) is 12.8 Å². The number of hydrogen-bond donors (Lipinski definition) is 1. The summed E-state index contributed by atoms with van der Waals surface area (Å²) in [5.74, 6) is -2.21. The normalized spacial score (nSPS) is 16.8. The maximum absolute atomic E-state index is 14.2. The second kappa shape index (κ2) is 7.12. The first kappa shape index (κ1) is 14.8. The van der Waals surface area contributed by atoms with Gasteiger partial charge in [-0.3, -0.25) is 0 Å². The van der Waals surface area contributed by atoms with Gasteiger partial charge in [-0.1, -0.05) is 6.92 Å². The highest BCUT2D eigenvalue weighted by Crippen LogP contribution is 2.33. The van der Waals surface area contributed by atoms with E-state index in [1.54, 1.807) is 6.92 Å². The maximum Gasteiger partial charge on any atom is 0.407 e. The van der Waals surface area contributed by atoms with Crippen LogP contribution >= 0.6 is 23.2 Å². The number of alkyl halides is 3. The summed E-state index contributed by atoms with van der Waals surface area (Å²) >= 11 is 11.0. The number of carbonyl (C=O) groups excluding carboxylic acids is 1. The van der Waals surface area contributed by atoms with Crippen LogP contribution in [-0.2, 0) is 4.74 Å². The molecule has 0 aliphatic rings. The van der Waals surface area contributed by atoms with Crippen LogP contribution in [0.25, 0.3) is 0 Å². The molecule has 15 heavy (non-hydrogen) atoms. The summed E-state index contributed by atoms with van der Waals surface area (Å²) in [7, 11) is 0. The zero-order valence-corrected chi connectivity index (χ0v) is 10.2. The second-order valence-electron chi connectivity index (χ2n) is 3.23. The van der Waals surface area contributed by atoms with Crippen LogP contribution in [0.3, 0.4) is 0 Å². The predicted molar refractivity (Wildman–Crippen MR) is 59.0 cm³/mol. The third kappa shape index (κ3) is 4.89. The predicted octanol–water partition coefficient (Wildman–Crippen LogP) is 3.03. The Morgan fingerprint density at radius 1 is 1.53 bits per heavy atom. The van der Waals surface area contributed by atoms with E-state index in [1.165, 1.54) is 0 Å². The molecule has 0 aromatic heterocycles. The standard InChI is InChI=1S/C9H16Cl2FNO2/c1-2-7(3-5-10)9(12,4-6-11)15-8(13)14/h7H,2-6H2,1H3,(H2,13,14). The third-order valence-electron chi connectivity index (χ3n) is 2.27. The molecule has 2 N–H and O–H groups in total. The van der Waals surface area contributed by atoms with E-state index < -0.39 is 17.9 Å². The smallest absolute Gasteiger partial charge is 0.407 e. The quantitative estimate of drug-likeness (QED) is 0.715. The van der Waals surface area contributed by atoms with Gasteiger partial charge >= 0.3 is 6.09 Å². The lowest BCUT2D eigenvalue weighted by molar-refractivity contribution is -0.139. The minimum atomic E-state index is -2.10. The van der Waals surface area contributed by atoms with Crippen LogP contribution in [0.4, 0.5) is 9.18 Å². The molecule has 0 bridgehead atoms. The van der Waals surface area contributed by atoms with Crippen molar-refractivity contribution in [3.63, 3.8) is 0 Å². The highest BCUT2D eigenvalue weighted by molar-refractivity contribution is 6.18. The van der Waals surface area contributed by atoms with Gasteiger partial charge < -0.3 is 10.5 Å². The summed E-state index contributed by atoms with van der Waals surface area (Å²) in [4.78, 5) is 10.6. The van der Waals surface area contributed by atoms with Crippen molar-refractivity contribution in [3.05, 3.63) is 0 Å². The Morgan fingerprint density at radius 3 is 2.47 bits per heavy atom. The molecule has 2 atom stereocenters. The van der Waals surface area contributed by atoms with Crippen molar-refractivity contribution in [2.45, 2.75) is 32.0 Å². The Labute approximate surface area is 99.0 Å². The molecule has 0 radical (unpaired) electrons. The molecule has 0 fully saturated rings. The van der Waals surface area contributed by atoms with E-state index in [0.29, 0.717) is 18.7 Å². The van der Waals surface area contributed by atoms with Gasteiger partial charge in [0.25, 0.3) is 5.85 Å². The van der Waals surface area contributed by atoms with Crippen molar-refractivity contribution < 1.29 is 13.9 Å². The van der Waals surface area contributed by atoms with Crippen molar-refractivity contribution >= 4 is 29.3 Å². The highest BCUT2D eigenvalue weighted by Gasteiger charge is 2.40. The van der Waals surface area contributed by atoms with E-state index in [2.05, 4.69) is 4.74 Å². The van der Waals surface area contributed by atoms with E-state index >= 15 is 0 Å². The average molecular weight is 260 g/mol. The van der Waals surface area contributed by atoms with Crippen molar-refractivity contribution in [1.29, 1.82) is 0 Å². The number of hydrogen-bond acceptors (Lipinski definition) is 2. The van der Waals surface area contributed by atoms with Crippen molar-refractivity contribution in [1.82, 2.24) is 0 Å². The SMILES string of the molecule is CCC(CCCl)C(F)(CCCl)OC(N)=O. The number of primary amides is 1. The maximum atomic E-state index is 14.2. The lowest BCUT2D eigenvalue weighted by Crippen LogP contribution is -2.40. The first-order valence-corrected chi connectivity index (χ1v) is 5.86. The number of ether oxygens (including phenoxy) is 1. The van der Waals surface area contributed by atoms with Gasteiger partial charge in [0.1, 0.15) is 0 Å². The molecule has 0 aromatic rings. The summed E-state index contributed by atoms with van der Waals surface area (Å²) in [5.41, 5.74) is 4.82. The fourth-order valence-corrected chi connectivity index (χ4v) is 2.01.